The van der Waals surface area contributed by atoms with Gasteiger partial charge >= 0.3 is 0 Å². The summed E-state index contributed by atoms with van der Waals surface area (Å²) in [6, 6.07) is 10.6. The summed E-state index contributed by atoms with van der Waals surface area (Å²) >= 11 is 0. The van der Waals surface area contributed by atoms with Crippen molar-refractivity contribution in [2.24, 2.45) is 0 Å². The fourth-order valence-corrected chi connectivity index (χ4v) is 3.06. The van der Waals surface area contributed by atoms with Gasteiger partial charge in [-0.3, -0.25) is 0 Å². The third-order valence-electron chi connectivity index (χ3n) is 4.33. The highest BCUT2D eigenvalue weighted by Crippen LogP contribution is 2.33. The van der Waals surface area contributed by atoms with E-state index >= 15 is 0 Å². The first-order valence-electron chi connectivity index (χ1n) is 7.96. The molecule has 0 atom stereocenters. The minimum atomic E-state index is -0.167. The molecular weight excluding hydrogens is 278 g/mol. The fraction of sp³-hybridized carbons (Fsp3) is 0.300. The van der Waals surface area contributed by atoms with Crippen LogP contribution >= 0.6 is 0 Å². The molecule has 0 saturated carbocycles. The van der Waals surface area contributed by atoms with E-state index in [9.17, 15) is 8.78 Å². The number of hydrogen-bond donors (Lipinski definition) is 0. The summed E-state index contributed by atoms with van der Waals surface area (Å²) in [6.45, 7) is 2.13. The van der Waals surface area contributed by atoms with E-state index in [1.165, 1.54) is 6.07 Å². The highest BCUT2D eigenvalue weighted by atomic mass is 19.1. The minimum absolute atomic E-state index is 0.164. The summed E-state index contributed by atoms with van der Waals surface area (Å²) in [6.07, 6.45) is 6.34. The second-order valence-electron chi connectivity index (χ2n) is 5.89. The molecule has 3 rings (SSSR count). The first-order valence-corrected chi connectivity index (χ1v) is 7.96. The fourth-order valence-electron chi connectivity index (χ4n) is 3.06. The predicted octanol–water partition coefficient (Wildman–Crippen LogP) is 5.79. The molecule has 0 unspecified atom stereocenters. The molecule has 0 amide bonds. The van der Waals surface area contributed by atoms with Crippen molar-refractivity contribution in [3.8, 4) is 0 Å². The molecule has 2 aromatic carbocycles. The Hall–Kier alpha value is -1.96. The highest BCUT2D eigenvalue weighted by Gasteiger charge is 2.17. The van der Waals surface area contributed by atoms with Crippen molar-refractivity contribution in [2.45, 2.75) is 39.0 Å². The van der Waals surface area contributed by atoms with E-state index in [0.29, 0.717) is 18.4 Å². The van der Waals surface area contributed by atoms with Gasteiger partial charge < -0.3 is 0 Å². The van der Waals surface area contributed by atoms with Gasteiger partial charge in [0.2, 0.25) is 0 Å². The van der Waals surface area contributed by atoms with Gasteiger partial charge in [0.1, 0.15) is 11.6 Å². The molecule has 1 aliphatic rings. The molecule has 22 heavy (non-hydrogen) atoms. The zero-order valence-corrected chi connectivity index (χ0v) is 12.8. The Morgan fingerprint density at radius 1 is 1.00 bits per heavy atom. The molecule has 0 saturated heterocycles. The maximum atomic E-state index is 14.4. The van der Waals surface area contributed by atoms with Gasteiger partial charge in [0, 0.05) is 5.56 Å². The number of unbranched alkanes of at least 4 members (excludes halogenated alkanes) is 1. The first-order chi connectivity index (χ1) is 10.7. The van der Waals surface area contributed by atoms with Crippen LogP contribution < -0.4 is 0 Å². The van der Waals surface area contributed by atoms with Crippen LogP contribution in [0.15, 0.2) is 36.4 Å². The van der Waals surface area contributed by atoms with Crippen molar-refractivity contribution in [1.82, 2.24) is 0 Å². The van der Waals surface area contributed by atoms with Gasteiger partial charge in [-0.25, -0.2) is 8.78 Å². The Morgan fingerprint density at radius 2 is 1.86 bits per heavy atom. The number of rotatable bonds is 4. The zero-order valence-electron chi connectivity index (χ0n) is 12.8. The molecule has 0 fully saturated rings. The number of hydrogen-bond acceptors (Lipinski definition) is 0. The van der Waals surface area contributed by atoms with Crippen LogP contribution in [0, 0.1) is 11.6 Å². The van der Waals surface area contributed by atoms with Crippen molar-refractivity contribution < 1.29 is 8.78 Å². The van der Waals surface area contributed by atoms with Crippen LogP contribution in [0.4, 0.5) is 8.78 Å². The van der Waals surface area contributed by atoms with E-state index in [4.69, 9.17) is 0 Å². The molecule has 2 aromatic rings. The average Bonchev–Trinajstić information content (AvgIpc) is 2.53. The Kier molecular flexibility index (Phi) is 4.37. The quantitative estimate of drug-likeness (QED) is 0.669. The molecule has 2 heteroatoms. The second-order valence-corrected chi connectivity index (χ2v) is 5.89. The zero-order chi connectivity index (χ0) is 15.5. The number of benzene rings is 2. The largest absolute Gasteiger partial charge is 0.207 e. The lowest BCUT2D eigenvalue weighted by molar-refractivity contribution is 0.607. The molecule has 0 aliphatic heterocycles. The van der Waals surface area contributed by atoms with Crippen LogP contribution in [0.5, 0.6) is 0 Å². The summed E-state index contributed by atoms with van der Waals surface area (Å²) in [4.78, 5) is 0. The third-order valence-corrected chi connectivity index (χ3v) is 4.33. The van der Waals surface area contributed by atoms with Crippen LogP contribution in [0.3, 0.4) is 0 Å². The Labute approximate surface area is 130 Å². The topological polar surface area (TPSA) is 0 Å². The number of aryl methyl sites for hydroxylation is 1. The molecule has 0 heterocycles. The lowest BCUT2D eigenvalue weighted by Gasteiger charge is -2.18. The maximum absolute atomic E-state index is 14.4. The van der Waals surface area contributed by atoms with Crippen LogP contribution in [0.2, 0.25) is 0 Å². The van der Waals surface area contributed by atoms with E-state index in [0.717, 1.165) is 41.5 Å². The molecule has 114 valence electrons. The Bertz CT molecular complexity index is 714. The third kappa shape index (κ3) is 2.96. The number of fused-ring (bicyclic) bond motifs is 1. The van der Waals surface area contributed by atoms with Crippen molar-refractivity contribution in [3.05, 3.63) is 70.3 Å². The average molecular weight is 298 g/mol. The summed E-state index contributed by atoms with van der Waals surface area (Å²) in [7, 11) is 0. The van der Waals surface area contributed by atoms with Crippen molar-refractivity contribution >= 4 is 11.6 Å². The minimum Gasteiger partial charge on any atom is -0.207 e. The monoisotopic (exact) mass is 298 g/mol. The van der Waals surface area contributed by atoms with Gasteiger partial charge in [0.15, 0.2) is 0 Å². The lowest BCUT2D eigenvalue weighted by atomic mass is 9.88. The number of halogens is 2. The standard InChI is InChI=1S/C20H20F2/c1-2-3-5-14-8-10-18(20(22)12-14)16-9-11-17-15(13-16)6-4-7-19(17)21/h4,6-8,10,12-13H,2-3,5,9,11H2,1H3. The molecule has 1 aliphatic carbocycles. The Balaban J connectivity index is 1.92. The molecule has 0 bridgehead atoms. The van der Waals surface area contributed by atoms with E-state index in [-0.39, 0.29) is 11.6 Å². The molecule has 0 spiro atoms. The number of allylic oxidation sites excluding steroid dienone is 1. The molecule has 0 nitrogen and oxygen atoms in total. The summed E-state index contributed by atoms with van der Waals surface area (Å²) in [5.41, 5.74) is 4.26. The molecule has 0 aromatic heterocycles. The summed E-state index contributed by atoms with van der Waals surface area (Å²) in [5.74, 6) is -0.331. The van der Waals surface area contributed by atoms with Gasteiger partial charge in [0.25, 0.3) is 0 Å². The van der Waals surface area contributed by atoms with E-state index in [1.54, 1.807) is 12.1 Å². The summed E-state index contributed by atoms with van der Waals surface area (Å²) in [5, 5.41) is 0. The van der Waals surface area contributed by atoms with Crippen LogP contribution in [-0.4, -0.2) is 0 Å². The molecule has 0 N–H and O–H groups in total. The van der Waals surface area contributed by atoms with Crippen molar-refractivity contribution in [1.29, 1.82) is 0 Å². The van der Waals surface area contributed by atoms with E-state index in [2.05, 4.69) is 6.92 Å². The van der Waals surface area contributed by atoms with Gasteiger partial charge in [-0.2, -0.15) is 0 Å². The lowest BCUT2D eigenvalue weighted by Crippen LogP contribution is -2.03. The molecular formula is C20H20F2. The van der Waals surface area contributed by atoms with Crippen molar-refractivity contribution in [2.75, 3.05) is 0 Å². The van der Waals surface area contributed by atoms with E-state index in [1.807, 2.05) is 24.3 Å². The van der Waals surface area contributed by atoms with Gasteiger partial charge in [-0.15, -0.1) is 0 Å². The molecule has 0 radical (unpaired) electrons. The normalized spacial score (nSPS) is 13.7. The SMILES string of the molecule is CCCCc1ccc(C2=Cc3cccc(F)c3CC2)c(F)c1. The van der Waals surface area contributed by atoms with Crippen LogP contribution in [-0.2, 0) is 12.8 Å². The first kappa shape index (κ1) is 15.0. The summed E-state index contributed by atoms with van der Waals surface area (Å²) < 4.78 is 28.2. The second kappa shape index (κ2) is 6.43. The van der Waals surface area contributed by atoms with Crippen molar-refractivity contribution in [3.63, 3.8) is 0 Å². The predicted molar refractivity (Wildman–Crippen MR) is 87.6 cm³/mol. The Morgan fingerprint density at radius 3 is 2.64 bits per heavy atom. The smallest absolute Gasteiger partial charge is 0.130 e. The maximum Gasteiger partial charge on any atom is 0.130 e. The van der Waals surface area contributed by atoms with E-state index < -0.39 is 0 Å². The van der Waals surface area contributed by atoms with Crippen LogP contribution in [0.25, 0.3) is 11.6 Å². The van der Waals surface area contributed by atoms with Gasteiger partial charge in [-0.05, 0) is 60.1 Å². The highest BCUT2D eigenvalue weighted by molar-refractivity contribution is 5.84. The van der Waals surface area contributed by atoms with Crippen LogP contribution in [0.1, 0.15) is 48.4 Å². The van der Waals surface area contributed by atoms with Gasteiger partial charge in [0.05, 0.1) is 0 Å². The van der Waals surface area contributed by atoms with Gasteiger partial charge in [-0.1, -0.05) is 43.7 Å².